The third kappa shape index (κ3) is 3.44. The summed E-state index contributed by atoms with van der Waals surface area (Å²) in [6.45, 7) is 3.63. The van der Waals surface area contributed by atoms with Crippen molar-refractivity contribution in [2.75, 3.05) is 40.8 Å². The van der Waals surface area contributed by atoms with Gasteiger partial charge in [0.25, 0.3) is 0 Å². The molecule has 3 heteroatoms. The smallest absolute Gasteiger partial charge is 0.0133 e. The van der Waals surface area contributed by atoms with Crippen molar-refractivity contribution in [1.29, 1.82) is 0 Å². The summed E-state index contributed by atoms with van der Waals surface area (Å²) in [6.07, 6.45) is 5.65. The first-order chi connectivity index (χ1) is 7.66. The topological polar surface area (TPSA) is 18.5 Å². The Labute approximate surface area is 100 Å². The van der Waals surface area contributed by atoms with E-state index in [9.17, 15) is 0 Å². The lowest BCUT2D eigenvalue weighted by molar-refractivity contribution is 0.0783. The molecule has 0 spiro atoms. The molecule has 0 amide bonds. The monoisotopic (exact) mass is 225 g/mol. The van der Waals surface area contributed by atoms with E-state index in [-0.39, 0.29) is 0 Å². The molecule has 3 nitrogen and oxygen atoms in total. The van der Waals surface area contributed by atoms with E-state index in [2.05, 4.69) is 36.3 Å². The SMILES string of the molecule is CN(C)CCN(C)C1CCC1CNC1CC1. The predicted molar refractivity (Wildman–Crippen MR) is 68.7 cm³/mol. The minimum atomic E-state index is 0.839. The molecule has 2 rings (SSSR count). The molecule has 0 aromatic rings. The molecule has 2 atom stereocenters. The molecule has 16 heavy (non-hydrogen) atoms. The van der Waals surface area contributed by atoms with Gasteiger partial charge in [0.15, 0.2) is 0 Å². The molecule has 2 fully saturated rings. The normalized spacial score (nSPS) is 29.8. The summed E-state index contributed by atoms with van der Waals surface area (Å²) >= 11 is 0. The number of hydrogen-bond donors (Lipinski definition) is 1. The van der Waals surface area contributed by atoms with Gasteiger partial charge in [-0.1, -0.05) is 0 Å². The third-order valence-corrected chi connectivity index (χ3v) is 4.09. The molecule has 2 aliphatic carbocycles. The lowest BCUT2D eigenvalue weighted by Crippen LogP contribution is -2.50. The molecular formula is C13H27N3. The van der Waals surface area contributed by atoms with E-state index in [1.54, 1.807) is 0 Å². The average Bonchev–Trinajstić information content (AvgIpc) is 2.97. The van der Waals surface area contributed by atoms with Crippen LogP contribution in [0.3, 0.4) is 0 Å². The summed E-state index contributed by atoms with van der Waals surface area (Å²) in [5.41, 5.74) is 0. The summed E-state index contributed by atoms with van der Waals surface area (Å²) in [6, 6.07) is 1.71. The second-order valence-electron chi connectivity index (χ2n) is 5.87. The van der Waals surface area contributed by atoms with E-state index >= 15 is 0 Å². The molecule has 2 unspecified atom stereocenters. The zero-order valence-corrected chi connectivity index (χ0v) is 11.1. The Kier molecular flexibility index (Phi) is 4.22. The minimum Gasteiger partial charge on any atom is -0.314 e. The first kappa shape index (κ1) is 12.3. The van der Waals surface area contributed by atoms with Crippen molar-refractivity contribution >= 4 is 0 Å². The summed E-state index contributed by atoms with van der Waals surface area (Å²) in [5.74, 6) is 0.910. The van der Waals surface area contributed by atoms with Gasteiger partial charge < -0.3 is 15.1 Å². The molecule has 2 aliphatic rings. The molecule has 0 bridgehead atoms. The van der Waals surface area contributed by atoms with Crippen molar-refractivity contribution in [1.82, 2.24) is 15.1 Å². The maximum atomic E-state index is 3.67. The van der Waals surface area contributed by atoms with Crippen LogP contribution in [0.4, 0.5) is 0 Å². The van der Waals surface area contributed by atoms with E-state index < -0.39 is 0 Å². The van der Waals surface area contributed by atoms with Gasteiger partial charge >= 0.3 is 0 Å². The second-order valence-corrected chi connectivity index (χ2v) is 5.87. The Balaban J connectivity index is 1.63. The summed E-state index contributed by atoms with van der Waals surface area (Å²) in [4.78, 5) is 4.83. The number of nitrogens with one attached hydrogen (secondary N) is 1. The lowest BCUT2D eigenvalue weighted by Gasteiger charge is -2.43. The van der Waals surface area contributed by atoms with Gasteiger partial charge in [0.2, 0.25) is 0 Å². The predicted octanol–water partition coefficient (Wildman–Crippen LogP) is 1.01. The molecular weight excluding hydrogens is 198 g/mol. The fourth-order valence-corrected chi connectivity index (χ4v) is 2.50. The molecule has 2 saturated carbocycles. The number of likely N-dealkylation sites (N-methyl/N-ethyl adjacent to an activating group) is 2. The van der Waals surface area contributed by atoms with Gasteiger partial charge in [-0.25, -0.2) is 0 Å². The molecule has 0 saturated heterocycles. The van der Waals surface area contributed by atoms with Crippen molar-refractivity contribution in [3.8, 4) is 0 Å². The molecule has 0 heterocycles. The number of nitrogens with zero attached hydrogens (tertiary/aromatic N) is 2. The molecule has 0 radical (unpaired) electrons. The highest BCUT2D eigenvalue weighted by Crippen LogP contribution is 2.31. The van der Waals surface area contributed by atoms with Crippen LogP contribution in [0.2, 0.25) is 0 Å². The van der Waals surface area contributed by atoms with Crippen LogP contribution < -0.4 is 5.32 Å². The van der Waals surface area contributed by atoms with Crippen molar-refractivity contribution < 1.29 is 0 Å². The summed E-state index contributed by atoms with van der Waals surface area (Å²) in [7, 11) is 6.60. The average molecular weight is 225 g/mol. The second kappa shape index (κ2) is 5.48. The summed E-state index contributed by atoms with van der Waals surface area (Å²) < 4.78 is 0. The molecule has 94 valence electrons. The van der Waals surface area contributed by atoms with E-state index in [1.165, 1.54) is 45.3 Å². The van der Waals surface area contributed by atoms with Crippen LogP contribution >= 0.6 is 0 Å². The van der Waals surface area contributed by atoms with Crippen molar-refractivity contribution in [3.05, 3.63) is 0 Å². The molecule has 0 aliphatic heterocycles. The van der Waals surface area contributed by atoms with Crippen LogP contribution in [0.25, 0.3) is 0 Å². The maximum Gasteiger partial charge on any atom is 0.0133 e. The third-order valence-electron chi connectivity index (χ3n) is 4.09. The van der Waals surface area contributed by atoms with Crippen LogP contribution in [-0.2, 0) is 0 Å². The minimum absolute atomic E-state index is 0.839. The van der Waals surface area contributed by atoms with Gasteiger partial charge in [-0.2, -0.15) is 0 Å². The van der Waals surface area contributed by atoms with Crippen LogP contribution in [0, 0.1) is 5.92 Å². The quantitative estimate of drug-likeness (QED) is 0.698. The first-order valence-corrected chi connectivity index (χ1v) is 6.75. The lowest BCUT2D eigenvalue weighted by atomic mass is 9.78. The van der Waals surface area contributed by atoms with Gasteiger partial charge in [-0.05, 0) is 59.3 Å². The highest BCUT2D eigenvalue weighted by molar-refractivity contribution is 4.91. The Bertz CT molecular complexity index is 205. The Morgan fingerprint density at radius 2 is 1.75 bits per heavy atom. The Morgan fingerprint density at radius 3 is 2.25 bits per heavy atom. The number of hydrogen-bond acceptors (Lipinski definition) is 3. The van der Waals surface area contributed by atoms with Gasteiger partial charge in [0.1, 0.15) is 0 Å². The van der Waals surface area contributed by atoms with E-state index in [1.807, 2.05) is 0 Å². The van der Waals surface area contributed by atoms with Crippen molar-refractivity contribution in [2.24, 2.45) is 5.92 Å². The van der Waals surface area contributed by atoms with Crippen LogP contribution in [0.1, 0.15) is 25.7 Å². The largest absolute Gasteiger partial charge is 0.314 e. The van der Waals surface area contributed by atoms with Crippen molar-refractivity contribution in [3.63, 3.8) is 0 Å². The van der Waals surface area contributed by atoms with Gasteiger partial charge in [-0.15, -0.1) is 0 Å². The Hall–Kier alpha value is -0.120. The first-order valence-electron chi connectivity index (χ1n) is 6.75. The van der Waals surface area contributed by atoms with Gasteiger partial charge in [-0.3, -0.25) is 0 Å². The molecule has 0 aromatic heterocycles. The highest BCUT2D eigenvalue weighted by atomic mass is 15.2. The van der Waals surface area contributed by atoms with E-state index in [4.69, 9.17) is 0 Å². The van der Waals surface area contributed by atoms with Gasteiger partial charge in [0.05, 0.1) is 0 Å². The zero-order chi connectivity index (χ0) is 11.5. The van der Waals surface area contributed by atoms with Gasteiger partial charge in [0, 0.05) is 25.2 Å². The number of rotatable bonds is 7. The standard InChI is InChI=1S/C13H27N3/c1-15(2)8-9-16(3)13-7-4-11(13)10-14-12-5-6-12/h11-14H,4-10H2,1-3H3. The molecule has 0 aromatic carbocycles. The Morgan fingerprint density at radius 1 is 1.00 bits per heavy atom. The zero-order valence-electron chi connectivity index (χ0n) is 11.1. The van der Waals surface area contributed by atoms with E-state index in [0.717, 1.165) is 18.0 Å². The fraction of sp³-hybridized carbons (Fsp3) is 1.00. The van der Waals surface area contributed by atoms with Crippen LogP contribution in [0.5, 0.6) is 0 Å². The fourth-order valence-electron chi connectivity index (χ4n) is 2.50. The summed E-state index contributed by atoms with van der Waals surface area (Å²) in [5, 5.41) is 3.67. The van der Waals surface area contributed by atoms with Crippen molar-refractivity contribution in [2.45, 2.75) is 37.8 Å². The van der Waals surface area contributed by atoms with Crippen LogP contribution in [-0.4, -0.2) is 62.7 Å². The molecule has 1 N–H and O–H groups in total. The highest BCUT2D eigenvalue weighted by Gasteiger charge is 2.34. The van der Waals surface area contributed by atoms with Crippen LogP contribution in [0.15, 0.2) is 0 Å². The maximum absolute atomic E-state index is 3.67. The van der Waals surface area contributed by atoms with E-state index in [0.29, 0.717) is 0 Å².